The minimum Gasteiger partial charge on any atom is -0.435 e. The van der Waals surface area contributed by atoms with E-state index in [0.717, 1.165) is 29.7 Å². The number of ether oxygens (including phenoxy) is 1. The molecular formula is C17H23F2NO. The molecule has 4 atom stereocenters. The molecule has 1 aromatic carbocycles. The molecule has 0 saturated heterocycles. The van der Waals surface area contributed by atoms with Gasteiger partial charge in [0.15, 0.2) is 0 Å². The van der Waals surface area contributed by atoms with E-state index in [-0.39, 0.29) is 5.75 Å². The first kappa shape index (κ1) is 14.8. The first-order valence-corrected chi connectivity index (χ1v) is 7.87. The zero-order chi connectivity index (χ0) is 14.8. The summed E-state index contributed by atoms with van der Waals surface area (Å²) in [5, 5.41) is 3.38. The second-order valence-electron chi connectivity index (χ2n) is 6.46. The fourth-order valence-corrected chi connectivity index (χ4v) is 4.27. The number of hydrogen-bond donors (Lipinski definition) is 1. The minimum atomic E-state index is -2.76. The molecule has 2 saturated carbocycles. The highest BCUT2D eigenvalue weighted by Crippen LogP contribution is 2.50. The van der Waals surface area contributed by atoms with Crippen LogP contribution in [-0.4, -0.2) is 13.7 Å². The van der Waals surface area contributed by atoms with Gasteiger partial charge in [-0.1, -0.05) is 18.6 Å². The number of hydrogen-bond acceptors (Lipinski definition) is 2. The van der Waals surface area contributed by atoms with Gasteiger partial charge in [0, 0.05) is 6.04 Å². The summed E-state index contributed by atoms with van der Waals surface area (Å²) in [6, 6.07) is 7.35. The highest BCUT2D eigenvalue weighted by atomic mass is 19.3. The number of nitrogens with one attached hydrogen (secondary N) is 1. The van der Waals surface area contributed by atoms with Gasteiger partial charge < -0.3 is 10.1 Å². The molecule has 1 N–H and O–H groups in total. The summed E-state index contributed by atoms with van der Waals surface area (Å²) in [6.07, 6.45) is 6.75. The molecule has 3 rings (SSSR count). The molecule has 0 aromatic heterocycles. The van der Waals surface area contributed by atoms with Gasteiger partial charge >= 0.3 is 6.61 Å². The van der Waals surface area contributed by atoms with E-state index in [1.165, 1.54) is 25.7 Å². The van der Waals surface area contributed by atoms with Crippen LogP contribution in [0.25, 0.3) is 0 Å². The largest absolute Gasteiger partial charge is 0.435 e. The normalized spacial score (nSPS) is 29.0. The maximum atomic E-state index is 12.2. The molecule has 2 bridgehead atoms. The van der Waals surface area contributed by atoms with Gasteiger partial charge in [0.1, 0.15) is 5.75 Å². The van der Waals surface area contributed by atoms with Gasteiger partial charge in [-0.25, -0.2) is 0 Å². The second kappa shape index (κ2) is 6.30. The van der Waals surface area contributed by atoms with Gasteiger partial charge in [-0.3, -0.25) is 0 Å². The summed E-state index contributed by atoms with van der Waals surface area (Å²) in [5.74, 6) is 2.91. The Hall–Kier alpha value is -1.16. The molecule has 2 nitrogen and oxygen atoms in total. The lowest BCUT2D eigenvalue weighted by molar-refractivity contribution is -0.0498. The summed E-state index contributed by atoms with van der Waals surface area (Å²) in [7, 11) is 1.97. The molecule has 21 heavy (non-hydrogen) atoms. The zero-order valence-corrected chi connectivity index (χ0v) is 12.4. The van der Waals surface area contributed by atoms with Crippen LogP contribution in [0, 0.1) is 17.8 Å². The van der Waals surface area contributed by atoms with E-state index in [1.807, 2.05) is 19.2 Å². The van der Waals surface area contributed by atoms with Crippen molar-refractivity contribution in [2.75, 3.05) is 7.05 Å². The van der Waals surface area contributed by atoms with Crippen LogP contribution in [-0.2, 0) is 0 Å². The number of benzene rings is 1. The summed E-state index contributed by atoms with van der Waals surface area (Å²) >= 11 is 0. The van der Waals surface area contributed by atoms with Crippen LogP contribution in [0.2, 0.25) is 0 Å². The molecule has 0 spiro atoms. The monoisotopic (exact) mass is 295 g/mol. The average Bonchev–Trinajstić information content (AvgIpc) is 3.07. The fraction of sp³-hybridized carbons (Fsp3) is 0.647. The second-order valence-corrected chi connectivity index (χ2v) is 6.46. The molecule has 0 aliphatic heterocycles. The molecule has 1 aromatic rings. The van der Waals surface area contributed by atoms with Crippen molar-refractivity contribution >= 4 is 0 Å². The Labute approximate surface area is 124 Å². The maximum absolute atomic E-state index is 12.2. The summed E-state index contributed by atoms with van der Waals surface area (Å²) < 4.78 is 28.7. The minimum absolute atomic E-state index is 0.225. The third kappa shape index (κ3) is 3.37. The van der Waals surface area contributed by atoms with Gasteiger partial charge in [-0.2, -0.15) is 8.78 Å². The first-order chi connectivity index (χ1) is 10.2. The Bertz CT molecular complexity index is 462. The Morgan fingerprint density at radius 1 is 1.19 bits per heavy atom. The molecule has 4 heteroatoms. The Morgan fingerprint density at radius 2 is 1.95 bits per heavy atom. The van der Waals surface area contributed by atoms with Crippen molar-refractivity contribution in [3.05, 3.63) is 29.8 Å². The Balaban J connectivity index is 1.63. The summed E-state index contributed by atoms with van der Waals surface area (Å²) in [4.78, 5) is 0. The van der Waals surface area contributed by atoms with Crippen LogP contribution in [0.1, 0.15) is 43.7 Å². The van der Waals surface area contributed by atoms with E-state index in [2.05, 4.69) is 10.1 Å². The molecule has 0 heterocycles. The van der Waals surface area contributed by atoms with E-state index in [4.69, 9.17) is 0 Å². The number of alkyl halides is 2. The van der Waals surface area contributed by atoms with Crippen molar-refractivity contribution in [3.63, 3.8) is 0 Å². The zero-order valence-electron chi connectivity index (χ0n) is 12.4. The van der Waals surface area contributed by atoms with Crippen molar-refractivity contribution in [3.8, 4) is 5.75 Å². The number of fused-ring (bicyclic) bond motifs is 2. The Kier molecular flexibility index (Phi) is 4.43. The van der Waals surface area contributed by atoms with E-state index in [0.29, 0.717) is 6.04 Å². The first-order valence-electron chi connectivity index (χ1n) is 7.87. The SMILES string of the molecule is CNC(CC1CC2CCC1C2)c1ccc(OC(F)F)cc1. The van der Waals surface area contributed by atoms with Crippen molar-refractivity contribution < 1.29 is 13.5 Å². The lowest BCUT2D eigenvalue weighted by atomic mass is 9.83. The smallest absolute Gasteiger partial charge is 0.387 e. The lowest BCUT2D eigenvalue weighted by Crippen LogP contribution is -2.22. The van der Waals surface area contributed by atoms with Gasteiger partial charge in [0.2, 0.25) is 0 Å². The van der Waals surface area contributed by atoms with Crippen LogP contribution in [0.5, 0.6) is 5.75 Å². The quantitative estimate of drug-likeness (QED) is 0.841. The molecule has 2 aliphatic carbocycles. The number of halogens is 2. The number of rotatable bonds is 6. The van der Waals surface area contributed by atoms with E-state index >= 15 is 0 Å². The average molecular weight is 295 g/mol. The van der Waals surface area contributed by atoms with Gasteiger partial charge in [0.25, 0.3) is 0 Å². The molecule has 116 valence electrons. The van der Waals surface area contributed by atoms with Crippen LogP contribution < -0.4 is 10.1 Å². The van der Waals surface area contributed by atoms with E-state index in [9.17, 15) is 8.78 Å². The molecule has 0 radical (unpaired) electrons. The van der Waals surface area contributed by atoms with Crippen LogP contribution in [0.3, 0.4) is 0 Å². The highest BCUT2D eigenvalue weighted by Gasteiger charge is 2.40. The van der Waals surface area contributed by atoms with Crippen molar-refractivity contribution in [1.29, 1.82) is 0 Å². The third-order valence-corrected chi connectivity index (χ3v) is 5.28. The summed E-state index contributed by atoms with van der Waals surface area (Å²) in [5.41, 5.74) is 1.15. The molecule has 4 unspecified atom stereocenters. The van der Waals surface area contributed by atoms with Crippen LogP contribution in [0.4, 0.5) is 8.78 Å². The van der Waals surface area contributed by atoms with Gasteiger partial charge in [-0.05, 0) is 68.2 Å². The van der Waals surface area contributed by atoms with Crippen LogP contribution >= 0.6 is 0 Å². The molecule has 2 aliphatic rings. The maximum Gasteiger partial charge on any atom is 0.387 e. The highest BCUT2D eigenvalue weighted by molar-refractivity contribution is 5.29. The predicted octanol–water partition coefficient (Wildman–Crippen LogP) is 4.37. The van der Waals surface area contributed by atoms with Gasteiger partial charge in [-0.15, -0.1) is 0 Å². The summed E-state index contributed by atoms with van der Waals surface area (Å²) in [6.45, 7) is -2.76. The fourth-order valence-electron chi connectivity index (χ4n) is 4.27. The van der Waals surface area contributed by atoms with Crippen molar-refractivity contribution in [2.45, 2.75) is 44.8 Å². The van der Waals surface area contributed by atoms with Crippen LogP contribution in [0.15, 0.2) is 24.3 Å². The molecular weight excluding hydrogens is 272 g/mol. The molecule has 2 fully saturated rings. The van der Waals surface area contributed by atoms with Gasteiger partial charge in [0.05, 0.1) is 0 Å². The molecule has 0 amide bonds. The lowest BCUT2D eigenvalue weighted by Gasteiger charge is -2.27. The Morgan fingerprint density at radius 3 is 2.48 bits per heavy atom. The van der Waals surface area contributed by atoms with E-state index in [1.54, 1.807) is 12.1 Å². The standard InChI is InChI=1S/C17H23F2NO/c1-20-16(10-14-9-11-2-3-13(14)8-11)12-4-6-15(7-5-12)21-17(18)19/h4-7,11,13-14,16-17,20H,2-3,8-10H2,1H3. The third-order valence-electron chi connectivity index (χ3n) is 5.28. The topological polar surface area (TPSA) is 21.3 Å². The van der Waals surface area contributed by atoms with E-state index < -0.39 is 6.61 Å². The van der Waals surface area contributed by atoms with Crippen molar-refractivity contribution in [2.24, 2.45) is 17.8 Å². The predicted molar refractivity (Wildman–Crippen MR) is 78.4 cm³/mol. The van der Waals surface area contributed by atoms with Crippen molar-refractivity contribution in [1.82, 2.24) is 5.32 Å².